The van der Waals surface area contributed by atoms with Crippen LogP contribution in [0.4, 0.5) is 0 Å². The highest BCUT2D eigenvalue weighted by Gasteiger charge is 2.15. The third-order valence-electron chi connectivity index (χ3n) is 3.22. The summed E-state index contributed by atoms with van der Waals surface area (Å²) in [6.07, 6.45) is 5.01. The molecule has 0 aliphatic rings. The molecule has 1 heterocycles. The highest BCUT2D eigenvalue weighted by molar-refractivity contribution is 7.99. The van der Waals surface area contributed by atoms with Crippen LogP contribution < -0.4 is 5.32 Å². The average molecular weight is 289 g/mol. The molecule has 0 aliphatic heterocycles. The fourth-order valence-electron chi connectivity index (χ4n) is 2.14. The number of hydrogen-bond donors (Lipinski definition) is 1. The Kier molecular flexibility index (Phi) is 5.68. The number of aromatic nitrogens is 2. The number of aryl methyl sites for hydroxylation is 2. The maximum Gasteiger partial charge on any atom is 0.126 e. The number of benzene rings is 1. The number of thioether (sulfide) groups is 1. The minimum atomic E-state index is 0.292. The van der Waals surface area contributed by atoms with Crippen molar-refractivity contribution in [3.05, 3.63) is 48.0 Å². The zero-order chi connectivity index (χ0) is 14.4. The molecule has 1 aromatic carbocycles. The number of rotatable bonds is 7. The Morgan fingerprint density at radius 3 is 2.90 bits per heavy atom. The van der Waals surface area contributed by atoms with Crippen LogP contribution in [0, 0.1) is 6.92 Å². The van der Waals surface area contributed by atoms with Crippen LogP contribution in [0.3, 0.4) is 0 Å². The smallest absolute Gasteiger partial charge is 0.126 e. The van der Waals surface area contributed by atoms with Gasteiger partial charge in [-0.05, 0) is 32.0 Å². The second kappa shape index (κ2) is 7.50. The fraction of sp³-hybridized carbons (Fsp3) is 0.438. The van der Waals surface area contributed by atoms with Crippen LogP contribution in [-0.2, 0) is 7.05 Å². The van der Waals surface area contributed by atoms with Gasteiger partial charge in [-0.25, -0.2) is 4.98 Å². The summed E-state index contributed by atoms with van der Waals surface area (Å²) in [7, 11) is 2.06. The third-order valence-corrected chi connectivity index (χ3v) is 4.30. The number of imidazole rings is 1. The molecule has 1 atom stereocenters. The third kappa shape index (κ3) is 4.12. The molecule has 20 heavy (non-hydrogen) atoms. The Bertz CT molecular complexity index is 536. The summed E-state index contributed by atoms with van der Waals surface area (Å²) in [5.74, 6) is 2.10. The van der Waals surface area contributed by atoms with Crippen molar-refractivity contribution in [2.45, 2.75) is 31.2 Å². The van der Waals surface area contributed by atoms with E-state index in [9.17, 15) is 0 Å². The quantitative estimate of drug-likeness (QED) is 0.790. The molecule has 0 amide bonds. The van der Waals surface area contributed by atoms with Crippen LogP contribution >= 0.6 is 11.8 Å². The summed E-state index contributed by atoms with van der Waals surface area (Å²) in [5, 5.41) is 3.59. The lowest BCUT2D eigenvalue weighted by Crippen LogP contribution is -2.26. The topological polar surface area (TPSA) is 29.9 Å². The first-order valence-electron chi connectivity index (χ1n) is 7.10. The molecule has 4 heteroatoms. The minimum absolute atomic E-state index is 0.292. The molecule has 1 unspecified atom stereocenters. The van der Waals surface area contributed by atoms with Gasteiger partial charge in [0.15, 0.2) is 0 Å². The minimum Gasteiger partial charge on any atom is -0.337 e. The van der Waals surface area contributed by atoms with Crippen LogP contribution in [0.1, 0.15) is 30.8 Å². The first-order chi connectivity index (χ1) is 9.70. The molecule has 0 fully saturated rings. The molecule has 2 aromatic rings. The van der Waals surface area contributed by atoms with Gasteiger partial charge in [-0.1, -0.05) is 24.6 Å². The van der Waals surface area contributed by atoms with Gasteiger partial charge in [0.2, 0.25) is 0 Å². The first-order valence-corrected chi connectivity index (χ1v) is 8.09. The zero-order valence-electron chi connectivity index (χ0n) is 12.5. The van der Waals surface area contributed by atoms with E-state index in [-0.39, 0.29) is 0 Å². The predicted octanol–water partition coefficient (Wildman–Crippen LogP) is 3.56. The highest BCUT2D eigenvalue weighted by Crippen LogP contribution is 2.24. The SMILES string of the molecule is CCCNC(CSc1cccc(C)c1)c1nccn1C. The van der Waals surface area contributed by atoms with Gasteiger partial charge in [-0.15, -0.1) is 11.8 Å². The van der Waals surface area contributed by atoms with Crippen LogP contribution in [0.25, 0.3) is 0 Å². The summed E-state index contributed by atoms with van der Waals surface area (Å²) >= 11 is 1.88. The van der Waals surface area contributed by atoms with Gasteiger partial charge in [0.25, 0.3) is 0 Å². The molecule has 1 N–H and O–H groups in total. The predicted molar refractivity (Wildman–Crippen MR) is 86.1 cm³/mol. The van der Waals surface area contributed by atoms with Crippen LogP contribution in [0.5, 0.6) is 0 Å². The Morgan fingerprint density at radius 2 is 2.25 bits per heavy atom. The van der Waals surface area contributed by atoms with Crippen LogP contribution in [0.2, 0.25) is 0 Å². The fourth-order valence-corrected chi connectivity index (χ4v) is 3.21. The normalized spacial score (nSPS) is 12.6. The molecular formula is C16H23N3S. The molecule has 108 valence electrons. The van der Waals surface area contributed by atoms with Crippen LogP contribution in [0.15, 0.2) is 41.6 Å². The molecule has 1 aromatic heterocycles. The van der Waals surface area contributed by atoms with E-state index >= 15 is 0 Å². The molecule has 0 bridgehead atoms. The van der Waals surface area contributed by atoms with E-state index < -0.39 is 0 Å². The summed E-state index contributed by atoms with van der Waals surface area (Å²) in [5.41, 5.74) is 1.31. The standard InChI is InChI=1S/C16H23N3S/c1-4-8-17-15(16-18-9-10-19(16)3)12-20-14-7-5-6-13(2)11-14/h5-7,9-11,15,17H,4,8,12H2,1-3H3. The molecule has 0 saturated heterocycles. The Hall–Kier alpha value is -1.26. The second-order valence-electron chi connectivity index (χ2n) is 5.03. The molecule has 0 saturated carbocycles. The van der Waals surface area contributed by atoms with Crippen molar-refractivity contribution in [2.24, 2.45) is 7.05 Å². The van der Waals surface area contributed by atoms with Crippen molar-refractivity contribution in [1.29, 1.82) is 0 Å². The lowest BCUT2D eigenvalue weighted by Gasteiger charge is -2.18. The van der Waals surface area contributed by atoms with E-state index in [2.05, 4.69) is 60.0 Å². The van der Waals surface area contributed by atoms with Crippen molar-refractivity contribution in [3.8, 4) is 0 Å². The first kappa shape index (κ1) is 15.1. The van der Waals surface area contributed by atoms with Crippen molar-refractivity contribution in [1.82, 2.24) is 14.9 Å². The highest BCUT2D eigenvalue weighted by atomic mass is 32.2. The largest absolute Gasteiger partial charge is 0.337 e. The molecule has 0 radical (unpaired) electrons. The van der Waals surface area contributed by atoms with E-state index in [4.69, 9.17) is 0 Å². The lowest BCUT2D eigenvalue weighted by molar-refractivity contribution is 0.535. The zero-order valence-corrected chi connectivity index (χ0v) is 13.3. The number of nitrogens with zero attached hydrogens (tertiary/aromatic N) is 2. The summed E-state index contributed by atoms with van der Waals surface area (Å²) in [4.78, 5) is 5.81. The van der Waals surface area contributed by atoms with Crippen molar-refractivity contribution < 1.29 is 0 Å². The van der Waals surface area contributed by atoms with Crippen molar-refractivity contribution in [3.63, 3.8) is 0 Å². The van der Waals surface area contributed by atoms with Gasteiger partial charge < -0.3 is 9.88 Å². The van der Waals surface area contributed by atoms with Gasteiger partial charge in [-0.3, -0.25) is 0 Å². The molecule has 0 spiro atoms. The van der Waals surface area contributed by atoms with Gasteiger partial charge in [0, 0.05) is 30.1 Å². The molecule has 0 aliphatic carbocycles. The second-order valence-corrected chi connectivity index (χ2v) is 6.12. The van der Waals surface area contributed by atoms with Gasteiger partial charge >= 0.3 is 0 Å². The molecular weight excluding hydrogens is 266 g/mol. The van der Waals surface area contributed by atoms with Crippen molar-refractivity contribution in [2.75, 3.05) is 12.3 Å². The molecule has 2 rings (SSSR count). The number of hydrogen-bond acceptors (Lipinski definition) is 3. The van der Waals surface area contributed by atoms with Crippen molar-refractivity contribution >= 4 is 11.8 Å². The average Bonchev–Trinajstić information content (AvgIpc) is 2.85. The summed E-state index contributed by atoms with van der Waals surface area (Å²) < 4.78 is 2.10. The van der Waals surface area contributed by atoms with Gasteiger partial charge in [0.05, 0.1) is 6.04 Å². The van der Waals surface area contributed by atoms with E-state index in [1.165, 1.54) is 10.5 Å². The summed E-state index contributed by atoms with van der Waals surface area (Å²) in [6.45, 7) is 5.34. The van der Waals surface area contributed by atoms with E-state index in [1.54, 1.807) is 0 Å². The maximum absolute atomic E-state index is 4.49. The van der Waals surface area contributed by atoms with E-state index in [0.717, 1.165) is 24.5 Å². The Balaban J connectivity index is 2.03. The monoisotopic (exact) mass is 289 g/mol. The number of nitrogens with one attached hydrogen (secondary N) is 1. The van der Waals surface area contributed by atoms with Crippen LogP contribution in [-0.4, -0.2) is 21.8 Å². The molecule has 3 nitrogen and oxygen atoms in total. The maximum atomic E-state index is 4.49. The van der Waals surface area contributed by atoms with E-state index in [0.29, 0.717) is 6.04 Å². The summed E-state index contributed by atoms with van der Waals surface area (Å²) in [6, 6.07) is 8.95. The van der Waals surface area contributed by atoms with Gasteiger partial charge in [-0.2, -0.15) is 0 Å². The van der Waals surface area contributed by atoms with E-state index in [1.807, 2.05) is 24.2 Å². The Labute approximate surface area is 125 Å². The Morgan fingerprint density at radius 1 is 1.40 bits per heavy atom. The van der Waals surface area contributed by atoms with Gasteiger partial charge in [0.1, 0.15) is 5.82 Å². The lowest BCUT2D eigenvalue weighted by atomic mass is 10.2.